The Hall–Kier alpha value is -1.89. The first kappa shape index (κ1) is 19.4. The molecule has 1 fully saturated rings. The smallest absolute Gasteiger partial charge is 0.417 e. The van der Waals surface area contributed by atoms with Gasteiger partial charge in [0.2, 0.25) is 0 Å². The van der Waals surface area contributed by atoms with Crippen LogP contribution < -0.4 is 5.32 Å². The fourth-order valence-electron chi connectivity index (χ4n) is 1.63. The Bertz CT molecular complexity index is 806. The number of halogens is 4. The molecule has 6 nitrogen and oxygen atoms in total. The predicted molar refractivity (Wildman–Crippen MR) is 95.0 cm³/mol. The highest BCUT2D eigenvalue weighted by Gasteiger charge is 2.32. The Kier molecular flexibility index (Phi) is 6.21. The lowest BCUT2D eigenvalue weighted by atomic mass is 10.1. The molecule has 0 aromatic heterocycles. The zero-order valence-electron chi connectivity index (χ0n) is 12.4. The summed E-state index contributed by atoms with van der Waals surface area (Å²) in [7, 11) is 1.18. The number of hydrogen-bond donors (Lipinski definition) is 1. The highest BCUT2D eigenvalue weighted by molar-refractivity contribution is 14.1. The van der Waals surface area contributed by atoms with Crippen molar-refractivity contribution >= 4 is 57.6 Å². The maximum atomic E-state index is 12.7. The van der Waals surface area contributed by atoms with E-state index < -0.39 is 23.6 Å². The average Bonchev–Trinajstić information content (AvgIpc) is 2.85. The number of nitrogens with one attached hydrogen (secondary N) is 1. The van der Waals surface area contributed by atoms with Gasteiger partial charge in [0.15, 0.2) is 5.17 Å². The van der Waals surface area contributed by atoms with Crippen LogP contribution in [0, 0.1) is 3.57 Å². The predicted octanol–water partition coefficient (Wildman–Crippen LogP) is 2.92. The van der Waals surface area contributed by atoms with Crippen molar-refractivity contribution in [2.45, 2.75) is 6.18 Å². The number of alkyl halides is 3. The Morgan fingerprint density at radius 2 is 2.12 bits per heavy atom. The van der Waals surface area contributed by atoms with Gasteiger partial charge in [0.05, 0.1) is 23.8 Å². The van der Waals surface area contributed by atoms with Crippen LogP contribution in [-0.4, -0.2) is 30.4 Å². The van der Waals surface area contributed by atoms with Crippen LogP contribution in [0.15, 0.2) is 39.4 Å². The van der Waals surface area contributed by atoms with Gasteiger partial charge in [-0.2, -0.15) is 18.3 Å². The van der Waals surface area contributed by atoms with Crippen molar-refractivity contribution in [2.24, 2.45) is 10.2 Å². The van der Waals surface area contributed by atoms with E-state index in [-0.39, 0.29) is 13.6 Å². The second-order valence-electron chi connectivity index (χ2n) is 4.47. The number of esters is 1. The van der Waals surface area contributed by atoms with Crippen LogP contribution >= 0.6 is 34.4 Å². The summed E-state index contributed by atoms with van der Waals surface area (Å²) in [4.78, 5) is 22.8. The highest BCUT2D eigenvalue weighted by Crippen LogP contribution is 2.32. The van der Waals surface area contributed by atoms with E-state index in [0.29, 0.717) is 5.56 Å². The summed E-state index contributed by atoms with van der Waals surface area (Å²) >= 11 is 2.48. The molecule has 1 aliphatic heterocycles. The summed E-state index contributed by atoms with van der Waals surface area (Å²) in [6.45, 7) is 0. The minimum absolute atomic E-state index is 0.0357. The van der Waals surface area contributed by atoms with Gasteiger partial charge < -0.3 is 4.74 Å². The largest absolute Gasteiger partial charge is 0.466 e. The van der Waals surface area contributed by atoms with Crippen molar-refractivity contribution in [2.75, 3.05) is 7.11 Å². The van der Waals surface area contributed by atoms with Crippen LogP contribution in [0.4, 0.5) is 13.2 Å². The molecule has 0 bridgehead atoms. The number of thioether (sulfide) groups is 1. The van der Waals surface area contributed by atoms with Gasteiger partial charge in [-0.1, -0.05) is 6.07 Å². The average molecular weight is 483 g/mol. The van der Waals surface area contributed by atoms with Gasteiger partial charge >= 0.3 is 12.1 Å². The van der Waals surface area contributed by atoms with Gasteiger partial charge in [0, 0.05) is 9.65 Å². The van der Waals surface area contributed by atoms with Gasteiger partial charge in [-0.25, -0.2) is 4.79 Å². The summed E-state index contributed by atoms with van der Waals surface area (Å²) in [6.07, 6.45) is -2.14. The molecule has 11 heteroatoms. The number of hydrogen-bond acceptors (Lipinski definition) is 6. The molecule has 132 valence electrons. The van der Waals surface area contributed by atoms with E-state index in [1.54, 1.807) is 22.6 Å². The first-order valence-corrected chi connectivity index (χ1v) is 8.37. The monoisotopic (exact) mass is 483 g/mol. The molecule has 1 heterocycles. The first-order valence-electron chi connectivity index (χ1n) is 6.47. The molecule has 2 rings (SSSR count). The summed E-state index contributed by atoms with van der Waals surface area (Å²) in [5.74, 6) is -1.20. The third-order valence-corrected chi connectivity index (χ3v) is 4.55. The Labute approximate surface area is 157 Å². The Morgan fingerprint density at radius 1 is 1.40 bits per heavy atom. The molecular weight excluding hydrogens is 474 g/mol. The number of amides is 1. The van der Waals surface area contributed by atoms with Crippen LogP contribution in [0.3, 0.4) is 0 Å². The molecule has 1 aromatic carbocycles. The molecule has 1 aliphatic rings. The third-order valence-electron chi connectivity index (χ3n) is 2.75. The number of nitrogens with zero attached hydrogens (tertiary/aromatic N) is 2. The fraction of sp³-hybridized carbons (Fsp3) is 0.143. The zero-order chi connectivity index (χ0) is 18.6. The van der Waals surface area contributed by atoms with Crippen LogP contribution in [-0.2, 0) is 20.5 Å². The topological polar surface area (TPSA) is 80.1 Å². The van der Waals surface area contributed by atoms with Crippen molar-refractivity contribution in [3.8, 4) is 0 Å². The van der Waals surface area contributed by atoms with Crippen molar-refractivity contribution in [1.29, 1.82) is 0 Å². The van der Waals surface area contributed by atoms with Gasteiger partial charge in [0.25, 0.3) is 5.91 Å². The van der Waals surface area contributed by atoms with E-state index in [1.165, 1.54) is 25.5 Å². The minimum Gasteiger partial charge on any atom is -0.466 e. The number of rotatable bonds is 3. The van der Waals surface area contributed by atoms with E-state index in [2.05, 4.69) is 20.3 Å². The second-order valence-corrected chi connectivity index (χ2v) is 6.67. The summed E-state index contributed by atoms with van der Waals surface area (Å²) in [5, 5.41) is 10.0. The summed E-state index contributed by atoms with van der Waals surface area (Å²) in [5.41, 5.74) is -0.311. The maximum absolute atomic E-state index is 12.7. The maximum Gasteiger partial charge on any atom is 0.417 e. The number of carbonyl (C=O) groups excluding carboxylic acids is 2. The lowest BCUT2D eigenvalue weighted by Crippen LogP contribution is -2.19. The minimum atomic E-state index is -4.42. The molecule has 0 radical (unpaired) electrons. The molecule has 1 N–H and O–H groups in total. The van der Waals surface area contributed by atoms with E-state index in [1.807, 2.05) is 0 Å². The molecule has 0 saturated carbocycles. The van der Waals surface area contributed by atoms with Crippen LogP contribution in [0.5, 0.6) is 0 Å². The molecule has 1 saturated heterocycles. The van der Waals surface area contributed by atoms with Crippen molar-refractivity contribution < 1.29 is 27.5 Å². The van der Waals surface area contributed by atoms with E-state index in [4.69, 9.17) is 0 Å². The Balaban J connectivity index is 2.10. The first-order chi connectivity index (χ1) is 11.7. The molecular formula is C14H9F3IN3O3S. The van der Waals surface area contributed by atoms with Gasteiger partial charge in [-0.3, -0.25) is 10.1 Å². The molecule has 0 atom stereocenters. The number of benzene rings is 1. The zero-order valence-corrected chi connectivity index (χ0v) is 15.4. The molecule has 1 aromatic rings. The van der Waals surface area contributed by atoms with Crippen LogP contribution in [0.1, 0.15) is 11.1 Å². The normalized spacial score (nSPS) is 18.2. The molecule has 0 spiro atoms. The molecule has 25 heavy (non-hydrogen) atoms. The third kappa shape index (κ3) is 5.29. The molecule has 0 unspecified atom stereocenters. The van der Waals surface area contributed by atoms with Gasteiger partial charge in [-0.05, 0) is 52.0 Å². The SMILES string of the molecule is COC(=O)/C=C1/S/C(=N\N=Cc2ccc(C(F)(F)F)c(I)c2)NC1=O. The van der Waals surface area contributed by atoms with E-state index >= 15 is 0 Å². The van der Waals surface area contributed by atoms with Crippen LogP contribution in [0.25, 0.3) is 0 Å². The van der Waals surface area contributed by atoms with Gasteiger partial charge in [0.1, 0.15) is 0 Å². The summed E-state index contributed by atoms with van der Waals surface area (Å²) in [6, 6.07) is 3.53. The van der Waals surface area contributed by atoms with Crippen molar-refractivity contribution in [1.82, 2.24) is 5.32 Å². The lowest BCUT2D eigenvalue weighted by molar-refractivity contribution is -0.138. The number of carbonyl (C=O) groups is 2. The van der Waals surface area contributed by atoms with Crippen molar-refractivity contribution in [3.05, 3.63) is 43.9 Å². The quantitative estimate of drug-likeness (QED) is 0.236. The number of amidine groups is 1. The van der Waals surface area contributed by atoms with Gasteiger partial charge in [-0.15, -0.1) is 5.10 Å². The summed E-state index contributed by atoms with van der Waals surface area (Å²) < 4.78 is 42.5. The van der Waals surface area contributed by atoms with Crippen molar-refractivity contribution in [3.63, 3.8) is 0 Å². The number of methoxy groups -OCH3 is 1. The Morgan fingerprint density at radius 3 is 2.72 bits per heavy atom. The number of ether oxygens (including phenoxy) is 1. The highest BCUT2D eigenvalue weighted by atomic mass is 127. The van der Waals surface area contributed by atoms with E-state index in [9.17, 15) is 22.8 Å². The fourth-order valence-corrected chi connectivity index (χ4v) is 3.21. The molecule has 0 aliphatic carbocycles. The lowest BCUT2D eigenvalue weighted by Gasteiger charge is -2.08. The second kappa shape index (κ2) is 7.99. The standard InChI is InChI=1S/C14H9F3IN3O3S/c1-24-11(22)5-10-12(23)20-13(25-10)21-19-6-7-2-3-8(9(18)4-7)14(15,16)17/h2-6H,1H3,(H,20,21,23)/b10-5+,19-6?. The molecule has 1 amide bonds. The van der Waals surface area contributed by atoms with Crippen LogP contribution in [0.2, 0.25) is 0 Å². The van der Waals surface area contributed by atoms with E-state index in [0.717, 1.165) is 23.9 Å².